The van der Waals surface area contributed by atoms with Crippen LogP contribution in [0, 0.1) is 0 Å². The van der Waals surface area contributed by atoms with Crippen LogP contribution in [-0.2, 0) is 0 Å². The fraction of sp³-hybridized carbons (Fsp3) is 0. The third kappa shape index (κ3) is 1.81. The van der Waals surface area contributed by atoms with Crippen LogP contribution in [0.1, 0.15) is 0 Å². The molecule has 6 heteroatoms. The van der Waals surface area contributed by atoms with Crippen molar-refractivity contribution in [1.82, 2.24) is 19.6 Å². The van der Waals surface area contributed by atoms with E-state index in [9.17, 15) is 0 Å². The maximum Gasteiger partial charge on any atom is 0.209 e. The summed E-state index contributed by atoms with van der Waals surface area (Å²) in [6.45, 7) is 0. The number of nitrogens with one attached hydrogen (secondary N) is 1. The van der Waals surface area contributed by atoms with E-state index in [0.29, 0.717) is 10.9 Å². The van der Waals surface area contributed by atoms with E-state index in [1.807, 2.05) is 30.3 Å². The third-order valence-corrected chi connectivity index (χ3v) is 2.62. The number of benzene rings is 1. The standard InChI is InChI=1S/C11H8ClN5/c12-11-13-6-9(10-16-14-7-17(10)11)15-8-4-2-1-3-5-8/h1-7,15H. The van der Waals surface area contributed by atoms with Gasteiger partial charge in [0.1, 0.15) is 12.0 Å². The number of hydrogen-bond acceptors (Lipinski definition) is 4. The molecule has 0 radical (unpaired) electrons. The monoisotopic (exact) mass is 245 g/mol. The van der Waals surface area contributed by atoms with Gasteiger partial charge in [-0.2, -0.15) is 0 Å². The van der Waals surface area contributed by atoms with Crippen LogP contribution in [0.5, 0.6) is 0 Å². The molecule has 0 aliphatic rings. The molecule has 0 atom stereocenters. The summed E-state index contributed by atoms with van der Waals surface area (Å²) in [6, 6.07) is 9.78. The van der Waals surface area contributed by atoms with Crippen molar-refractivity contribution in [3.8, 4) is 0 Å². The quantitative estimate of drug-likeness (QED) is 0.705. The van der Waals surface area contributed by atoms with E-state index in [2.05, 4.69) is 20.5 Å². The first kappa shape index (κ1) is 10.0. The molecule has 3 rings (SSSR count). The van der Waals surface area contributed by atoms with Gasteiger partial charge in [-0.15, -0.1) is 10.2 Å². The number of nitrogens with zero attached hydrogens (tertiary/aromatic N) is 4. The smallest absolute Gasteiger partial charge is 0.209 e. The molecule has 0 aliphatic heterocycles. The number of para-hydroxylation sites is 1. The molecule has 17 heavy (non-hydrogen) atoms. The van der Waals surface area contributed by atoms with Crippen LogP contribution in [0.25, 0.3) is 5.65 Å². The van der Waals surface area contributed by atoms with Gasteiger partial charge in [0.15, 0.2) is 5.65 Å². The molecule has 5 nitrogen and oxygen atoms in total. The second-order valence-corrected chi connectivity index (χ2v) is 3.79. The van der Waals surface area contributed by atoms with Crippen LogP contribution in [-0.4, -0.2) is 19.6 Å². The number of rotatable bonds is 2. The van der Waals surface area contributed by atoms with E-state index in [0.717, 1.165) is 11.4 Å². The summed E-state index contributed by atoms with van der Waals surface area (Å²) in [4.78, 5) is 4.06. The Balaban J connectivity index is 2.07. The lowest BCUT2D eigenvalue weighted by atomic mass is 10.3. The Kier molecular flexibility index (Phi) is 2.38. The lowest BCUT2D eigenvalue weighted by Gasteiger charge is -2.06. The number of halogens is 1. The summed E-state index contributed by atoms with van der Waals surface area (Å²) in [6.07, 6.45) is 3.17. The second kappa shape index (κ2) is 4.03. The maximum atomic E-state index is 5.92. The minimum Gasteiger partial charge on any atom is -0.351 e. The molecule has 0 aliphatic carbocycles. The van der Waals surface area contributed by atoms with E-state index in [4.69, 9.17) is 11.6 Å². The van der Waals surface area contributed by atoms with E-state index >= 15 is 0 Å². The zero-order valence-electron chi connectivity index (χ0n) is 8.71. The summed E-state index contributed by atoms with van der Waals surface area (Å²) in [5.41, 5.74) is 2.37. The highest BCUT2D eigenvalue weighted by Crippen LogP contribution is 2.21. The predicted molar refractivity (Wildman–Crippen MR) is 65.5 cm³/mol. The number of fused-ring (bicyclic) bond motifs is 1. The van der Waals surface area contributed by atoms with Gasteiger partial charge in [-0.1, -0.05) is 18.2 Å². The molecule has 0 unspecified atom stereocenters. The highest BCUT2D eigenvalue weighted by Gasteiger charge is 2.07. The van der Waals surface area contributed by atoms with Crippen LogP contribution in [0.3, 0.4) is 0 Å². The molecule has 0 spiro atoms. The average molecular weight is 246 g/mol. The van der Waals surface area contributed by atoms with Gasteiger partial charge in [0.2, 0.25) is 5.28 Å². The molecule has 0 amide bonds. The van der Waals surface area contributed by atoms with Crippen molar-refractivity contribution in [2.75, 3.05) is 5.32 Å². The summed E-state index contributed by atoms with van der Waals surface area (Å²) >= 11 is 5.92. The molecular formula is C11H8ClN5. The summed E-state index contributed by atoms with van der Waals surface area (Å²) in [5.74, 6) is 0. The van der Waals surface area contributed by atoms with Crippen LogP contribution in [0.15, 0.2) is 42.9 Å². The molecule has 1 N–H and O–H groups in total. The Morgan fingerprint density at radius 1 is 1.18 bits per heavy atom. The van der Waals surface area contributed by atoms with Crippen LogP contribution >= 0.6 is 11.6 Å². The van der Waals surface area contributed by atoms with Crippen molar-refractivity contribution >= 4 is 28.6 Å². The minimum atomic E-state index is 0.337. The average Bonchev–Trinajstić information content (AvgIpc) is 2.84. The molecular weight excluding hydrogens is 238 g/mol. The van der Waals surface area contributed by atoms with Crippen molar-refractivity contribution in [3.05, 3.63) is 48.1 Å². The summed E-state index contributed by atoms with van der Waals surface area (Å²) in [5, 5.41) is 11.4. The first-order chi connectivity index (χ1) is 8.34. The lowest BCUT2D eigenvalue weighted by molar-refractivity contribution is 1.07. The topological polar surface area (TPSA) is 55.1 Å². The first-order valence-electron chi connectivity index (χ1n) is 5.01. The van der Waals surface area contributed by atoms with E-state index in [1.165, 1.54) is 6.33 Å². The van der Waals surface area contributed by atoms with Crippen molar-refractivity contribution in [3.63, 3.8) is 0 Å². The van der Waals surface area contributed by atoms with Gasteiger partial charge < -0.3 is 5.32 Å². The van der Waals surface area contributed by atoms with Gasteiger partial charge in [0, 0.05) is 5.69 Å². The molecule has 3 aromatic rings. The zero-order valence-corrected chi connectivity index (χ0v) is 9.46. The minimum absolute atomic E-state index is 0.337. The van der Waals surface area contributed by atoms with Gasteiger partial charge in [-0.3, -0.25) is 4.40 Å². The van der Waals surface area contributed by atoms with Gasteiger partial charge in [-0.05, 0) is 23.7 Å². The molecule has 0 bridgehead atoms. The highest BCUT2D eigenvalue weighted by molar-refractivity contribution is 6.28. The SMILES string of the molecule is Clc1ncc(Nc2ccccc2)c2nncn12. The Morgan fingerprint density at radius 2 is 2.00 bits per heavy atom. The molecule has 84 valence electrons. The Bertz CT molecular complexity index is 649. The lowest BCUT2D eigenvalue weighted by Crippen LogP contribution is -1.97. The number of anilines is 2. The molecule has 0 fully saturated rings. The van der Waals surface area contributed by atoms with Crippen molar-refractivity contribution in [2.24, 2.45) is 0 Å². The Hall–Kier alpha value is -2.14. The number of hydrogen-bond donors (Lipinski definition) is 1. The van der Waals surface area contributed by atoms with Gasteiger partial charge >= 0.3 is 0 Å². The highest BCUT2D eigenvalue weighted by atomic mass is 35.5. The maximum absolute atomic E-state index is 5.92. The molecule has 0 saturated heterocycles. The van der Waals surface area contributed by atoms with Gasteiger partial charge in [0.05, 0.1) is 6.20 Å². The Morgan fingerprint density at radius 3 is 2.82 bits per heavy atom. The molecule has 2 aromatic heterocycles. The van der Waals surface area contributed by atoms with Crippen LogP contribution in [0.2, 0.25) is 5.28 Å². The second-order valence-electron chi connectivity index (χ2n) is 3.46. The summed E-state index contributed by atoms with van der Waals surface area (Å²) < 4.78 is 1.62. The largest absolute Gasteiger partial charge is 0.351 e. The molecule has 2 heterocycles. The molecule has 0 saturated carbocycles. The van der Waals surface area contributed by atoms with Crippen LogP contribution < -0.4 is 5.32 Å². The van der Waals surface area contributed by atoms with Crippen molar-refractivity contribution < 1.29 is 0 Å². The van der Waals surface area contributed by atoms with Crippen molar-refractivity contribution in [1.29, 1.82) is 0 Å². The Labute approximate surface area is 102 Å². The third-order valence-electron chi connectivity index (χ3n) is 2.34. The predicted octanol–water partition coefficient (Wildman–Crippen LogP) is 2.52. The summed E-state index contributed by atoms with van der Waals surface area (Å²) in [7, 11) is 0. The fourth-order valence-corrected chi connectivity index (χ4v) is 1.73. The fourth-order valence-electron chi connectivity index (χ4n) is 1.56. The number of aromatic nitrogens is 4. The zero-order chi connectivity index (χ0) is 11.7. The van der Waals surface area contributed by atoms with E-state index in [1.54, 1.807) is 10.6 Å². The van der Waals surface area contributed by atoms with Gasteiger partial charge in [0.25, 0.3) is 0 Å². The molecule has 1 aromatic carbocycles. The van der Waals surface area contributed by atoms with Crippen molar-refractivity contribution in [2.45, 2.75) is 0 Å². The van der Waals surface area contributed by atoms with Gasteiger partial charge in [-0.25, -0.2) is 4.98 Å². The van der Waals surface area contributed by atoms with Crippen LogP contribution in [0.4, 0.5) is 11.4 Å². The van der Waals surface area contributed by atoms with E-state index < -0.39 is 0 Å². The first-order valence-corrected chi connectivity index (χ1v) is 5.39. The van der Waals surface area contributed by atoms with E-state index in [-0.39, 0.29) is 0 Å². The normalized spacial score (nSPS) is 10.6.